The summed E-state index contributed by atoms with van der Waals surface area (Å²) in [5.74, 6) is -1.64. The Labute approximate surface area is 143 Å². The van der Waals surface area contributed by atoms with E-state index in [9.17, 15) is 26.7 Å². The van der Waals surface area contributed by atoms with E-state index >= 15 is 0 Å². The molecule has 2 heterocycles. The van der Waals surface area contributed by atoms with Crippen molar-refractivity contribution in [3.63, 3.8) is 0 Å². The molecule has 0 aromatic heterocycles. The van der Waals surface area contributed by atoms with E-state index in [1.165, 1.54) is 48.5 Å². The van der Waals surface area contributed by atoms with Gasteiger partial charge in [-0.05, 0) is 29.8 Å². The molecule has 6 nitrogen and oxygen atoms in total. The topological polar surface area (TPSA) is 108 Å². The van der Waals surface area contributed by atoms with Gasteiger partial charge in [0, 0.05) is 5.56 Å². The lowest BCUT2D eigenvalue weighted by atomic mass is 10.1. The van der Waals surface area contributed by atoms with Crippen molar-refractivity contribution in [3.8, 4) is 0 Å². The van der Waals surface area contributed by atoms with Crippen LogP contribution in [0.2, 0.25) is 0 Å². The molecule has 0 amide bonds. The SMILES string of the molecule is O=C1C(=CC2=C([O-])c3ccccc3S2(=O)=O)S(=O)(=O)c2ccccc21. The van der Waals surface area contributed by atoms with Crippen molar-refractivity contribution in [3.05, 3.63) is 75.5 Å². The van der Waals surface area contributed by atoms with Gasteiger partial charge in [0.1, 0.15) is 4.91 Å². The molecule has 0 spiro atoms. The third-order valence-corrected chi connectivity index (χ3v) is 7.77. The minimum Gasteiger partial charge on any atom is -0.871 e. The van der Waals surface area contributed by atoms with E-state index in [1.807, 2.05) is 0 Å². The average Bonchev–Trinajstić information content (AvgIpc) is 2.90. The lowest BCUT2D eigenvalue weighted by Gasteiger charge is -2.08. The molecule has 2 aromatic rings. The number of carbonyl (C=O) groups excluding carboxylic acids is 1. The molecule has 2 aliphatic rings. The summed E-state index contributed by atoms with van der Waals surface area (Å²) in [4.78, 5) is 10.6. The van der Waals surface area contributed by atoms with Gasteiger partial charge >= 0.3 is 0 Å². The molecule has 0 saturated heterocycles. The van der Waals surface area contributed by atoms with Gasteiger partial charge in [0.15, 0.2) is 0 Å². The third-order valence-electron chi connectivity index (χ3n) is 4.13. The number of ketones is 1. The lowest BCUT2D eigenvalue weighted by molar-refractivity contribution is -0.244. The number of carbonyl (C=O) groups is 1. The second-order valence-corrected chi connectivity index (χ2v) is 9.30. The maximum Gasteiger partial charge on any atom is 0.211 e. The summed E-state index contributed by atoms with van der Waals surface area (Å²) >= 11 is 0. The number of Topliss-reactive ketones (excluding diaryl/α,β-unsaturated/α-hetero) is 1. The molecule has 0 fully saturated rings. The Morgan fingerprint density at radius 3 is 1.84 bits per heavy atom. The van der Waals surface area contributed by atoms with Crippen molar-refractivity contribution in [2.75, 3.05) is 0 Å². The molecular formula is C17H9O6S2-. The second kappa shape index (κ2) is 4.90. The van der Waals surface area contributed by atoms with E-state index < -0.39 is 41.0 Å². The molecule has 2 aromatic carbocycles. The summed E-state index contributed by atoms with van der Waals surface area (Å²) in [5, 5.41) is 12.4. The first-order valence-electron chi connectivity index (χ1n) is 7.12. The van der Waals surface area contributed by atoms with Crippen LogP contribution in [0.4, 0.5) is 0 Å². The maximum atomic E-state index is 12.6. The maximum absolute atomic E-state index is 12.6. The smallest absolute Gasteiger partial charge is 0.211 e. The first-order chi connectivity index (χ1) is 11.8. The van der Waals surface area contributed by atoms with Crippen molar-refractivity contribution in [1.29, 1.82) is 0 Å². The largest absolute Gasteiger partial charge is 0.871 e. The van der Waals surface area contributed by atoms with Crippen molar-refractivity contribution in [2.24, 2.45) is 0 Å². The zero-order valence-electron chi connectivity index (χ0n) is 12.5. The molecule has 0 aliphatic carbocycles. The van der Waals surface area contributed by atoms with E-state index in [0.29, 0.717) is 6.08 Å². The molecule has 4 rings (SSSR count). The Hall–Kier alpha value is -2.71. The lowest BCUT2D eigenvalue weighted by Crippen LogP contribution is -2.08. The minimum atomic E-state index is -4.17. The molecule has 25 heavy (non-hydrogen) atoms. The van der Waals surface area contributed by atoms with Gasteiger partial charge in [-0.1, -0.05) is 36.1 Å². The Bertz CT molecular complexity index is 1230. The van der Waals surface area contributed by atoms with Gasteiger partial charge in [0.05, 0.1) is 14.7 Å². The molecule has 126 valence electrons. The summed E-state index contributed by atoms with van der Waals surface area (Å²) in [6.07, 6.45) is 0.690. The van der Waals surface area contributed by atoms with Crippen LogP contribution >= 0.6 is 0 Å². The molecule has 0 N–H and O–H groups in total. The molecule has 0 saturated carbocycles. The quantitative estimate of drug-likeness (QED) is 0.692. The highest BCUT2D eigenvalue weighted by atomic mass is 32.2. The molecule has 2 aliphatic heterocycles. The Balaban J connectivity index is 1.98. The number of benzene rings is 2. The van der Waals surface area contributed by atoms with Gasteiger partial charge in [-0.3, -0.25) is 4.79 Å². The molecular weight excluding hydrogens is 364 g/mol. The fourth-order valence-corrected chi connectivity index (χ4v) is 6.15. The molecule has 0 unspecified atom stereocenters. The van der Waals surface area contributed by atoms with Crippen LogP contribution < -0.4 is 5.11 Å². The molecule has 8 heteroatoms. The predicted octanol–water partition coefficient (Wildman–Crippen LogP) is 1.06. The van der Waals surface area contributed by atoms with E-state index in [0.717, 1.165) is 0 Å². The zero-order chi connectivity index (χ0) is 18.0. The number of rotatable bonds is 1. The van der Waals surface area contributed by atoms with E-state index in [1.54, 1.807) is 0 Å². The first-order valence-corrected chi connectivity index (χ1v) is 10.1. The van der Waals surface area contributed by atoms with Gasteiger partial charge in [-0.2, -0.15) is 0 Å². The van der Waals surface area contributed by atoms with E-state index in [2.05, 4.69) is 0 Å². The number of hydrogen-bond acceptors (Lipinski definition) is 6. The van der Waals surface area contributed by atoms with Gasteiger partial charge in [-0.25, -0.2) is 16.8 Å². The van der Waals surface area contributed by atoms with Gasteiger partial charge in [-0.15, -0.1) is 0 Å². The van der Waals surface area contributed by atoms with Crippen LogP contribution in [0.1, 0.15) is 15.9 Å². The standard InChI is InChI=1S/C17H10O6S2/c18-16-10-5-1-3-7-12(10)24(20,21)14(16)9-15-17(19)11-6-2-4-8-13(11)25(15,22)23/h1-9,18H/p-1. The van der Waals surface area contributed by atoms with Crippen LogP contribution in [-0.2, 0) is 19.7 Å². The number of hydrogen-bond donors (Lipinski definition) is 0. The number of fused-ring (bicyclic) bond motifs is 2. The van der Waals surface area contributed by atoms with Crippen LogP contribution in [0, 0.1) is 0 Å². The van der Waals surface area contributed by atoms with E-state index in [-0.39, 0.29) is 20.9 Å². The van der Waals surface area contributed by atoms with Crippen LogP contribution in [0.25, 0.3) is 5.76 Å². The first kappa shape index (κ1) is 15.8. The fourth-order valence-electron chi connectivity index (χ4n) is 2.93. The summed E-state index contributed by atoms with van der Waals surface area (Å²) in [6.45, 7) is 0. The Morgan fingerprint density at radius 2 is 1.28 bits per heavy atom. The average molecular weight is 373 g/mol. The number of sulfone groups is 2. The fraction of sp³-hybridized carbons (Fsp3) is 0. The van der Waals surface area contributed by atoms with Gasteiger partial charge in [0.25, 0.3) is 0 Å². The molecule has 0 bridgehead atoms. The van der Waals surface area contributed by atoms with Gasteiger partial charge < -0.3 is 5.11 Å². The molecule has 0 atom stereocenters. The molecule has 0 radical (unpaired) electrons. The Kier molecular flexibility index (Phi) is 3.10. The van der Waals surface area contributed by atoms with Crippen molar-refractivity contribution in [2.45, 2.75) is 9.79 Å². The number of allylic oxidation sites excluding steroid dienone is 2. The van der Waals surface area contributed by atoms with Crippen molar-refractivity contribution >= 4 is 31.2 Å². The highest BCUT2D eigenvalue weighted by Gasteiger charge is 2.40. The monoisotopic (exact) mass is 373 g/mol. The summed E-state index contributed by atoms with van der Waals surface area (Å²) in [7, 11) is -8.34. The highest BCUT2D eigenvalue weighted by Crippen LogP contribution is 2.40. The zero-order valence-corrected chi connectivity index (χ0v) is 14.1. The predicted molar refractivity (Wildman–Crippen MR) is 86.6 cm³/mol. The van der Waals surface area contributed by atoms with Crippen LogP contribution in [0.3, 0.4) is 0 Å². The van der Waals surface area contributed by atoms with Crippen LogP contribution in [-0.4, -0.2) is 22.6 Å². The third kappa shape index (κ3) is 1.98. The van der Waals surface area contributed by atoms with Crippen LogP contribution in [0.15, 0.2) is 74.2 Å². The summed E-state index contributed by atoms with van der Waals surface area (Å²) in [5.41, 5.74) is -0.0654. The van der Waals surface area contributed by atoms with E-state index in [4.69, 9.17) is 0 Å². The normalized spacial score (nSPS) is 21.4. The minimum absolute atomic E-state index is 0.0327. The highest BCUT2D eigenvalue weighted by molar-refractivity contribution is 7.97. The summed E-state index contributed by atoms with van der Waals surface area (Å²) in [6, 6.07) is 11.2. The summed E-state index contributed by atoms with van der Waals surface area (Å²) < 4.78 is 50.3. The second-order valence-electron chi connectivity index (χ2n) is 5.53. The van der Waals surface area contributed by atoms with Crippen molar-refractivity contribution in [1.82, 2.24) is 0 Å². The van der Waals surface area contributed by atoms with Gasteiger partial charge in [0.2, 0.25) is 25.5 Å². The Morgan fingerprint density at radius 1 is 0.760 bits per heavy atom. The van der Waals surface area contributed by atoms with Crippen molar-refractivity contribution < 1.29 is 26.7 Å². The van der Waals surface area contributed by atoms with Crippen LogP contribution in [0.5, 0.6) is 0 Å².